The summed E-state index contributed by atoms with van der Waals surface area (Å²) in [6.45, 7) is 1.78. The number of amides is 1. The van der Waals surface area contributed by atoms with Gasteiger partial charge in [0.05, 0.1) is 12.7 Å². The monoisotopic (exact) mass is 329 g/mol. The topological polar surface area (TPSA) is 29.5 Å². The number of hydrogen-bond donors (Lipinski definition) is 0. The predicted molar refractivity (Wildman–Crippen MR) is 94.3 cm³/mol. The predicted octanol–water partition coefficient (Wildman–Crippen LogP) is 4.24. The summed E-state index contributed by atoms with van der Waals surface area (Å²) in [5.41, 5.74) is 2.15. The van der Waals surface area contributed by atoms with Crippen molar-refractivity contribution in [1.82, 2.24) is 4.90 Å². The number of carbonyl (C=O) groups is 1. The van der Waals surface area contributed by atoms with E-state index in [9.17, 15) is 4.79 Å². The Balaban J connectivity index is 1.55. The van der Waals surface area contributed by atoms with Crippen molar-refractivity contribution < 1.29 is 9.53 Å². The van der Waals surface area contributed by atoms with Crippen LogP contribution in [0.25, 0.3) is 0 Å². The number of methoxy groups -OCH3 is 1. The average molecular weight is 329 g/mol. The molecule has 1 aliphatic heterocycles. The molecule has 1 fully saturated rings. The SMILES string of the molecule is COc1cccc(CCC2CCCN(C(=O)c3ccsc3)C2)c1. The number of carbonyl (C=O) groups excluding carboxylic acids is 1. The van der Waals surface area contributed by atoms with Gasteiger partial charge in [-0.2, -0.15) is 11.3 Å². The van der Waals surface area contributed by atoms with Gasteiger partial charge in [0, 0.05) is 18.5 Å². The smallest absolute Gasteiger partial charge is 0.254 e. The first-order chi connectivity index (χ1) is 11.3. The highest BCUT2D eigenvalue weighted by atomic mass is 32.1. The molecule has 1 atom stereocenters. The Morgan fingerprint density at radius 1 is 1.39 bits per heavy atom. The van der Waals surface area contributed by atoms with Crippen molar-refractivity contribution in [2.24, 2.45) is 5.92 Å². The maximum atomic E-state index is 12.5. The summed E-state index contributed by atoms with van der Waals surface area (Å²) in [5, 5.41) is 3.92. The maximum Gasteiger partial charge on any atom is 0.254 e. The van der Waals surface area contributed by atoms with Crippen molar-refractivity contribution in [3.05, 3.63) is 52.2 Å². The molecule has 3 rings (SSSR count). The summed E-state index contributed by atoms with van der Waals surface area (Å²) in [7, 11) is 1.70. The van der Waals surface area contributed by atoms with E-state index in [4.69, 9.17) is 4.74 Å². The molecule has 0 saturated carbocycles. The quantitative estimate of drug-likeness (QED) is 0.821. The Bertz CT molecular complexity index is 639. The molecule has 0 spiro atoms. The molecular weight excluding hydrogens is 306 g/mol. The van der Waals surface area contributed by atoms with E-state index in [2.05, 4.69) is 12.1 Å². The Kier molecular flexibility index (Phi) is 5.34. The fourth-order valence-corrected chi connectivity index (χ4v) is 3.88. The first kappa shape index (κ1) is 16.1. The fraction of sp³-hybridized carbons (Fsp3) is 0.421. The number of aryl methyl sites for hydroxylation is 1. The standard InChI is InChI=1S/C19H23NO2S/c1-22-18-6-2-4-15(12-18)7-8-16-5-3-10-20(13-16)19(21)17-9-11-23-14-17/h2,4,6,9,11-12,14,16H,3,5,7-8,10,13H2,1H3. The van der Waals surface area contributed by atoms with Crippen molar-refractivity contribution in [3.63, 3.8) is 0 Å². The number of piperidine rings is 1. The van der Waals surface area contributed by atoms with Gasteiger partial charge in [-0.05, 0) is 60.7 Å². The van der Waals surface area contributed by atoms with Gasteiger partial charge in [-0.3, -0.25) is 4.79 Å². The van der Waals surface area contributed by atoms with Crippen LogP contribution in [-0.2, 0) is 6.42 Å². The lowest BCUT2D eigenvalue weighted by molar-refractivity contribution is 0.0669. The zero-order valence-corrected chi connectivity index (χ0v) is 14.3. The first-order valence-electron chi connectivity index (χ1n) is 8.20. The number of rotatable bonds is 5. The zero-order valence-electron chi connectivity index (χ0n) is 13.5. The lowest BCUT2D eigenvalue weighted by atomic mass is 9.91. The number of thiophene rings is 1. The number of likely N-dealkylation sites (tertiary alicyclic amines) is 1. The summed E-state index contributed by atoms with van der Waals surface area (Å²) in [5.74, 6) is 1.70. The normalized spacial score (nSPS) is 18.0. The van der Waals surface area contributed by atoms with Crippen molar-refractivity contribution in [1.29, 1.82) is 0 Å². The van der Waals surface area contributed by atoms with Crippen LogP contribution < -0.4 is 4.74 Å². The Labute approximate surface area is 141 Å². The molecule has 1 aliphatic rings. The minimum absolute atomic E-state index is 0.192. The average Bonchev–Trinajstić information content (AvgIpc) is 3.14. The third-order valence-electron chi connectivity index (χ3n) is 4.55. The third-order valence-corrected chi connectivity index (χ3v) is 5.23. The lowest BCUT2D eigenvalue weighted by Crippen LogP contribution is -2.39. The molecule has 0 bridgehead atoms. The van der Waals surface area contributed by atoms with Crippen LogP contribution in [0, 0.1) is 5.92 Å². The van der Waals surface area contributed by atoms with Gasteiger partial charge >= 0.3 is 0 Å². The molecule has 2 aromatic rings. The van der Waals surface area contributed by atoms with Crippen LogP contribution in [0.15, 0.2) is 41.1 Å². The second-order valence-electron chi connectivity index (χ2n) is 6.16. The van der Waals surface area contributed by atoms with Crippen LogP contribution in [0.1, 0.15) is 35.2 Å². The van der Waals surface area contributed by atoms with Crippen molar-refractivity contribution in [2.75, 3.05) is 20.2 Å². The van der Waals surface area contributed by atoms with Gasteiger partial charge in [-0.15, -0.1) is 0 Å². The van der Waals surface area contributed by atoms with E-state index in [0.717, 1.165) is 43.7 Å². The number of ether oxygens (including phenoxy) is 1. The second kappa shape index (κ2) is 7.64. The number of nitrogens with zero attached hydrogens (tertiary/aromatic N) is 1. The summed E-state index contributed by atoms with van der Waals surface area (Å²) < 4.78 is 5.28. The Morgan fingerprint density at radius 2 is 2.30 bits per heavy atom. The minimum atomic E-state index is 0.192. The molecule has 4 heteroatoms. The highest BCUT2D eigenvalue weighted by molar-refractivity contribution is 7.08. The molecule has 1 aromatic carbocycles. The van der Waals surface area contributed by atoms with Gasteiger partial charge in [0.15, 0.2) is 0 Å². The van der Waals surface area contributed by atoms with Crippen LogP contribution in [-0.4, -0.2) is 31.0 Å². The first-order valence-corrected chi connectivity index (χ1v) is 9.15. The molecule has 1 amide bonds. The lowest BCUT2D eigenvalue weighted by Gasteiger charge is -2.32. The summed E-state index contributed by atoms with van der Waals surface area (Å²) >= 11 is 1.58. The van der Waals surface area contributed by atoms with E-state index >= 15 is 0 Å². The number of hydrogen-bond acceptors (Lipinski definition) is 3. The van der Waals surface area contributed by atoms with Crippen LogP contribution in [0.2, 0.25) is 0 Å². The van der Waals surface area contributed by atoms with Gasteiger partial charge in [0.25, 0.3) is 5.91 Å². The van der Waals surface area contributed by atoms with Gasteiger partial charge in [-0.1, -0.05) is 12.1 Å². The van der Waals surface area contributed by atoms with Crippen molar-refractivity contribution >= 4 is 17.2 Å². The van der Waals surface area contributed by atoms with E-state index < -0.39 is 0 Å². The van der Waals surface area contributed by atoms with E-state index in [0.29, 0.717) is 5.92 Å². The largest absolute Gasteiger partial charge is 0.497 e. The van der Waals surface area contributed by atoms with E-state index in [1.807, 2.05) is 33.9 Å². The molecule has 1 saturated heterocycles. The zero-order chi connectivity index (χ0) is 16.1. The summed E-state index contributed by atoms with van der Waals surface area (Å²) in [6.07, 6.45) is 4.50. The maximum absolute atomic E-state index is 12.5. The second-order valence-corrected chi connectivity index (χ2v) is 6.94. The summed E-state index contributed by atoms with van der Waals surface area (Å²) in [4.78, 5) is 14.5. The molecule has 122 valence electrons. The number of benzene rings is 1. The van der Waals surface area contributed by atoms with Crippen LogP contribution in [0.3, 0.4) is 0 Å². The molecule has 1 unspecified atom stereocenters. The summed E-state index contributed by atoms with van der Waals surface area (Å²) in [6, 6.07) is 10.2. The van der Waals surface area contributed by atoms with Crippen molar-refractivity contribution in [2.45, 2.75) is 25.7 Å². The van der Waals surface area contributed by atoms with Crippen molar-refractivity contribution in [3.8, 4) is 5.75 Å². The highest BCUT2D eigenvalue weighted by Gasteiger charge is 2.24. The van der Waals surface area contributed by atoms with E-state index in [1.54, 1.807) is 18.4 Å². The molecular formula is C19H23NO2S. The van der Waals surface area contributed by atoms with E-state index in [-0.39, 0.29) is 5.91 Å². The van der Waals surface area contributed by atoms with Crippen LogP contribution in [0.5, 0.6) is 5.75 Å². The highest BCUT2D eigenvalue weighted by Crippen LogP contribution is 2.24. The Morgan fingerprint density at radius 3 is 3.09 bits per heavy atom. The minimum Gasteiger partial charge on any atom is -0.497 e. The van der Waals surface area contributed by atoms with Crippen LogP contribution >= 0.6 is 11.3 Å². The molecule has 0 aliphatic carbocycles. The third kappa shape index (κ3) is 4.14. The molecule has 2 heterocycles. The molecule has 23 heavy (non-hydrogen) atoms. The molecule has 1 aromatic heterocycles. The van der Waals surface area contributed by atoms with Gasteiger partial charge in [0.1, 0.15) is 5.75 Å². The fourth-order valence-electron chi connectivity index (χ4n) is 3.25. The van der Waals surface area contributed by atoms with Gasteiger partial charge < -0.3 is 9.64 Å². The Hall–Kier alpha value is -1.81. The van der Waals surface area contributed by atoms with Gasteiger partial charge in [0.2, 0.25) is 0 Å². The van der Waals surface area contributed by atoms with Crippen LogP contribution in [0.4, 0.5) is 0 Å². The van der Waals surface area contributed by atoms with Gasteiger partial charge in [-0.25, -0.2) is 0 Å². The molecule has 0 radical (unpaired) electrons. The molecule has 3 nitrogen and oxygen atoms in total. The molecule has 0 N–H and O–H groups in total. The van der Waals surface area contributed by atoms with E-state index in [1.165, 1.54) is 12.0 Å².